The number of carbonyl (C=O) groups excluding carboxylic acids is 1. The summed E-state index contributed by atoms with van der Waals surface area (Å²) in [6.07, 6.45) is -1.42. The fourth-order valence-corrected chi connectivity index (χ4v) is 2.84. The monoisotopic (exact) mass is 290 g/mol. The number of rotatable bonds is 5. The molecule has 0 radical (unpaired) electrons. The van der Waals surface area contributed by atoms with Crippen molar-refractivity contribution in [3.63, 3.8) is 0 Å². The number of hydrogen-bond donors (Lipinski definition) is 2. The van der Waals surface area contributed by atoms with E-state index in [-0.39, 0.29) is 5.12 Å². The van der Waals surface area contributed by atoms with Gasteiger partial charge >= 0.3 is 0 Å². The first-order valence-electron chi connectivity index (χ1n) is 6.56. The average molecular weight is 290 g/mol. The standard InChI is InChI=1S/C16H18O3S/c1-11(17)20-10-9-15(18)16(19)14-8-4-6-12-5-2-3-7-13(12)14/h2-8,15-16,18-19H,9-10H2,1H3. The first-order chi connectivity index (χ1) is 9.59. The molecule has 0 saturated carbocycles. The van der Waals surface area contributed by atoms with Gasteiger partial charge in [0.2, 0.25) is 0 Å². The van der Waals surface area contributed by atoms with E-state index in [2.05, 4.69) is 0 Å². The van der Waals surface area contributed by atoms with Gasteiger partial charge in [-0.25, -0.2) is 0 Å². The second kappa shape index (κ2) is 6.88. The molecule has 106 valence electrons. The van der Waals surface area contributed by atoms with Gasteiger partial charge in [-0.3, -0.25) is 4.79 Å². The molecule has 0 amide bonds. The quantitative estimate of drug-likeness (QED) is 0.889. The van der Waals surface area contributed by atoms with Gasteiger partial charge in [-0.15, -0.1) is 0 Å². The highest BCUT2D eigenvalue weighted by Crippen LogP contribution is 2.27. The first-order valence-corrected chi connectivity index (χ1v) is 7.55. The first kappa shape index (κ1) is 15.0. The molecule has 2 unspecified atom stereocenters. The highest BCUT2D eigenvalue weighted by atomic mass is 32.2. The van der Waals surface area contributed by atoms with Crippen molar-refractivity contribution in [2.24, 2.45) is 0 Å². The van der Waals surface area contributed by atoms with E-state index in [0.717, 1.165) is 16.3 Å². The summed E-state index contributed by atoms with van der Waals surface area (Å²) in [4.78, 5) is 10.9. The lowest BCUT2D eigenvalue weighted by atomic mass is 9.96. The van der Waals surface area contributed by atoms with E-state index in [0.29, 0.717) is 12.2 Å². The Labute approximate surface area is 122 Å². The van der Waals surface area contributed by atoms with Crippen molar-refractivity contribution >= 4 is 27.6 Å². The van der Waals surface area contributed by atoms with Crippen LogP contribution in [0.15, 0.2) is 42.5 Å². The molecule has 0 fully saturated rings. The van der Waals surface area contributed by atoms with Crippen LogP contribution in [-0.4, -0.2) is 27.2 Å². The van der Waals surface area contributed by atoms with Crippen molar-refractivity contribution in [1.82, 2.24) is 0 Å². The third-order valence-corrected chi connectivity index (χ3v) is 4.07. The largest absolute Gasteiger partial charge is 0.390 e. The van der Waals surface area contributed by atoms with E-state index in [4.69, 9.17) is 0 Å². The molecule has 2 aromatic rings. The van der Waals surface area contributed by atoms with Gasteiger partial charge in [-0.05, 0) is 22.8 Å². The van der Waals surface area contributed by atoms with Gasteiger partial charge in [0.05, 0.1) is 6.10 Å². The van der Waals surface area contributed by atoms with Gasteiger partial charge in [0.1, 0.15) is 6.10 Å². The molecular formula is C16H18O3S. The zero-order chi connectivity index (χ0) is 14.5. The molecule has 0 heterocycles. The molecule has 0 aliphatic carbocycles. The van der Waals surface area contributed by atoms with E-state index in [1.54, 1.807) is 0 Å². The van der Waals surface area contributed by atoms with Crippen LogP contribution >= 0.6 is 11.8 Å². The molecule has 0 bridgehead atoms. The van der Waals surface area contributed by atoms with Crippen LogP contribution in [0.25, 0.3) is 10.8 Å². The summed E-state index contributed by atoms with van der Waals surface area (Å²) in [5, 5.41) is 22.4. The zero-order valence-electron chi connectivity index (χ0n) is 11.3. The second-order valence-corrected chi connectivity index (χ2v) is 5.98. The van der Waals surface area contributed by atoms with Crippen LogP contribution in [0.5, 0.6) is 0 Å². The molecule has 4 heteroatoms. The van der Waals surface area contributed by atoms with E-state index in [1.165, 1.54) is 18.7 Å². The fourth-order valence-electron chi connectivity index (χ4n) is 2.20. The summed E-state index contributed by atoms with van der Waals surface area (Å²) in [6.45, 7) is 1.50. The molecule has 2 aromatic carbocycles. The Balaban J connectivity index is 2.14. The third kappa shape index (κ3) is 3.60. The van der Waals surface area contributed by atoms with Gasteiger partial charge < -0.3 is 10.2 Å². The fraction of sp³-hybridized carbons (Fsp3) is 0.312. The van der Waals surface area contributed by atoms with Crippen LogP contribution in [0.3, 0.4) is 0 Å². The van der Waals surface area contributed by atoms with Crippen molar-refractivity contribution < 1.29 is 15.0 Å². The van der Waals surface area contributed by atoms with Gasteiger partial charge in [-0.2, -0.15) is 0 Å². The van der Waals surface area contributed by atoms with E-state index in [9.17, 15) is 15.0 Å². The zero-order valence-corrected chi connectivity index (χ0v) is 12.1. The second-order valence-electron chi connectivity index (χ2n) is 4.71. The lowest BCUT2D eigenvalue weighted by Gasteiger charge is -2.19. The lowest BCUT2D eigenvalue weighted by molar-refractivity contribution is -0.109. The van der Waals surface area contributed by atoms with Crippen molar-refractivity contribution in [3.05, 3.63) is 48.0 Å². The topological polar surface area (TPSA) is 57.5 Å². The molecule has 0 spiro atoms. The number of carbonyl (C=O) groups is 1. The van der Waals surface area contributed by atoms with E-state index < -0.39 is 12.2 Å². The van der Waals surface area contributed by atoms with Crippen molar-refractivity contribution in [1.29, 1.82) is 0 Å². The Hall–Kier alpha value is -1.36. The smallest absolute Gasteiger partial charge is 0.185 e. The molecule has 0 aliphatic rings. The number of fused-ring (bicyclic) bond motifs is 1. The third-order valence-electron chi connectivity index (χ3n) is 3.23. The maximum Gasteiger partial charge on any atom is 0.185 e. The minimum absolute atomic E-state index is 0.0249. The number of aliphatic hydroxyl groups excluding tert-OH is 2. The maximum atomic E-state index is 10.9. The molecule has 20 heavy (non-hydrogen) atoms. The van der Waals surface area contributed by atoms with Gasteiger partial charge in [0.15, 0.2) is 5.12 Å². The molecule has 0 aromatic heterocycles. The van der Waals surface area contributed by atoms with Crippen LogP contribution in [0, 0.1) is 0 Å². The van der Waals surface area contributed by atoms with Gasteiger partial charge in [0.25, 0.3) is 0 Å². The highest BCUT2D eigenvalue weighted by Gasteiger charge is 2.20. The van der Waals surface area contributed by atoms with Crippen LogP contribution in [0.4, 0.5) is 0 Å². The summed E-state index contributed by atoms with van der Waals surface area (Å²) in [6, 6.07) is 13.4. The molecule has 2 N–H and O–H groups in total. The summed E-state index contributed by atoms with van der Waals surface area (Å²) in [5.74, 6) is 0.512. The van der Waals surface area contributed by atoms with Gasteiger partial charge in [0, 0.05) is 12.7 Å². The lowest BCUT2D eigenvalue weighted by Crippen LogP contribution is -2.19. The molecule has 2 rings (SSSR count). The summed E-state index contributed by atoms with van der Waals surface area (Å²) >= 11 is 1.17. The summed E-state index contributed by atoms with van der Waals surface area (Å²) in [7, 11) is 0. The SMILES string of the molecule is CC(=O)SCCC(O)C(O)c1cccc2ccccc12. The summed E-state index contributed by atoms with van der Waals surface area (Å²) < 4.78 is 0. The minimum atomic E-state index is -0.936. The van der Waals surface area contributed by atoms with E-state index in [1.807, 2.05) is 42.5 Å². The summed E-state index contributed by atoms with van der Waals surface area (Å²) in [5.41, 5.74) is 0.725. The Morgan fingerprint density at radius 3 is 2.60 bits per heavy atom. The Morgan fingerprint density at radius 2 is 1.85 bits per heavy atom. The van der Waals surface area contributed by atoms with Crippen LogP contribution < -0.4 is 0 Å². The Morgan fingerprint density at radius 1 is 1.15 bits per heavy atom. The van der Waals surface area contributed by atoms with Crippen LogP contribution in [0.2, 0.25) is 0 Å². The highest BCUT2D eigenvalue weighted by molar-refractivity contribution is 8.13. The molecule has 0 aliphatic heterocycles. The molecule has 3 nitrogen and oxygen atoms in total. The predicted molar refractivity (Wildman–Crippen MR) is 82.7 cm³/mol. The number of aliphatic hydroxyl groups is 2. The average Bonchev–Trinajstić information content (AvgIpc) is 2.45. The normalized spacial score (nSPS) is 14.2. The van der Waals surface area contributed by atoms with Crippen molar-refractivity contribution in [2.75, 3.05) is 5.75 Å². The van der Waals surface area contributed by atoms with Crippen LogP contribution in [0.1, 0.15) is 25.0 Å². The number of hydrogen-bond acceptors (Lipinski definition) is 4. The Kier molecular flexibility index (Phi) is 5.17. The van der Waals surface area contributed by atoms with Crippen LogP contribution in [-0.2, 0) is 4.79 Å². The van der Waals surface area contributed by atoms with Crippen molar-refractivity contribution in [3.8, 4) is 0 Å². The minimum Gasteiger partial charge on any atom is -0.390 e. The maximum absolute atomic E-state index is 10.9. The molecular weight excluding hydrogens is 272 g/mol. The predicted octanol–water partition coefficient (Wildman–Crippen LogP) is 2.90. The Bertz CT molecular complexity index is 592. The molecule has 0 saturated heterocycles. The van der Waals surface area contributed by atoms with Gasteiger partial charge in [-0.1, -0.05) is 54.2 Å². The molecule has 2 atom stereocenters. The van der Waals surface area contributed by atoms with Crippen molar-refractivity contribution in [2.45, 2.75) is 25.6 Å². The van der Waals surface area contributed by atoms with E-state index >= 15 is 0 Å². The number of thioether (sulfide) groups is 1. The number of benzene rings is 2.